The Morgan fingerprint density at radius 1 is 1.19 bits per heavy atom. The summed E-state index contributed by atoms with van der Waals surface area (Å²) in [4.78, 5) is 22.0. The van der Waals surface area contributed by atoms with Crippen molar-refractivity contribution in [1.29, 1.82) is 0 Å². The van der Waals surface area contributed by atoms with Gasteiger partial charge in [-0.1, -0.05) is 6.07 Å². The molecule has 26 heavy (non-hydrogen) atoms. The van der Waals surface area contributed by atoms with Crippen molar-refractivity contribution in [3.8, 4) is 0 Å². The number of fused-ring (bicyclic) bond motifs is 2. The quantitative estimate of drug-likeness (QED) is 0.922. The highest BCUT2D eigenvalue weighted by Gasteiger charge is 2.42. The molecule has 0 radical (unpaired) electrons. The molecule has 1 N–H and O–H groups in total. The van der Waals surface area contributed by atoms with Crippen LogP contribution in [-0.2, 0) is 6.54 Å². The number of nitrogens with one attached hydrogen (secondary N) is 1. The zero-order chi connectivity index (χ0) is 17.5. The zero-order valence-corrected chi connectivity index (χ0v) is 15.2. The summed E-state index contributed by atoms with van der Waals surface area (Å²) in [5.74, 6) is 0.652. The fourth-order valence-corrected chi connectivity index (χ4v) is 4.84. The predicted octanol–water partition coefficient (Wildman–Crippen LogP) is 2.49. The van der Waals surface area contributed by atoms with Crippen molar-refractivity contribution in [1.82, 2.24) is 24.5 Å². The maximum absolute atomic E-state index is 12.7. The minimum absolute atomic E-state index is 0.0593. The number of imidazole rings is 1. The van der Waals surface area contributed by atoms with Gasteiger partial charge in [-0.25, -0.2) is 9.78 Å². The minimum atomic E-state index is 0.0593. The molecule has 0 spiro atoms. The number of urea groups is 1. The van der Waals surface area contributed by atoms with Gasteiger partial charge >= 0.3 is 6.03 Å². The van der Waals surface area contributed by atoms with Gasteiger partial charge in [0.2, 0.25) is 0 Å². The van der Waals surface area contributed by atoms with Crippen LogP contribution in [0.15, 0.2) is 30.6 Å². The first kappa shape index (κ1) is 16.1. The number of rotatable bonds is 3. The summed E-state index contributed by atoms with van der Waals surface area (Å²) in [6, 6.07) is 7.55. The van der Waals surface area contributed by atoms with E-state index in [-0.39, 0.29) is 6.03 Å². The number of pyridine rings is 1. The van der Waals surface area contributed by atoms with Gasteiger partial charge in [0.05, 0.1) is 12.2 Å². The first-order valence-corrected chi connectivity index (χ1v) is 9.99. The van der Waals surface area contributed by atoms with Gasteiger partial charge in [0.25, 0.3) is 0 Å². The van der Waals surface area contributed by atoms with E-state index in [1.54, 1.807) is 0 Å². The van der Waals surface area contributed by atoms with Gasteiger partial charge in [0.1, 0.15) is 5.65 Å². The van der Waals surface area contributed by atoms with Gasteiger partial charge in [0, 0.05) is 37.6 Å². The number of hydrogen-bond acceptors (Lipinski definition) is 3. The number of piperidine rings is 2. The Morgan fingerprint density at radius 3 is 2.96 bits per heavy atom. The smallest absolute Gasteiger partial charge is 0.317 e. The molecule has 0 aromatic carbocycles. The van der Waals surface area contributed by atoms with Crippen molar-refractivity contribution >= 4 is 11.7 Å². The number of amides is 2. The highest BCUT2D eigenvalue weighted by molar-refractivity contribution is 5.74. The molecular formula is C20H27N5O. The number of carbonyl (C=O) groups excluding carboxylic acids is 1. The Balaban J connectivity index is 1.18. The molecule has 6 nitrogen and oxygen atoms in total. The van der Waals surface area contributed by atoms with Crippen molar-refractivity contribution < 1.29 is 4.79 Å². The highest BCUT2D eigenvalue weighted by atomic mass is 16.2. The number of hydrogen-bond donors (Lipinski definition) is 1. The van der Waals surface area contributed by atoms with Crippen LogP contribution < -0.4 is 5.32 Å². The van der Waals surface area contributed by atoms with E-state index in [9.17, 15) is 4.79 Å². The molecule has 2 aromatic heterocycles. The monoisotopic (exact) mass is 353 g/mol. The van der Waals surface area contributed by atoms with Gasteiger partial charge < -0.3 is 14.6 Å². The third-order valence-electron chi connectivity index (χ3n) is 6.25. The summed E-state index contributed by atoms with van der Waals surface area (Å²) in [6.07, 6.45) is 10.4. The molecule has 5 rings (SSSR count). The summed E-state index contributed by atoms with van der Waals surface area (Å²) in [6.45, 7) is 3.54. The molecule has 4 heterocycles. The Labute approximate surface area is 154 Å². The molecule has 2 amide bonds. The van der Waals surface area contributed by atoms with E-state index in [4.69, 9.17) is 0 Å². The molecule has 6 heteroatoms. The highest BCUT2D eigenvalue weighted by Crippen LogP contribution is 2.38. The minimum Gasteiger partial charge on any atom is -0.332 e. The lowest BCUT2D eigenvalue weighted by atomic mass is 9.84. The normalized spacial score (nSPS) is 26.7. The summed E-state index contributed by atoms with van der Waals surface area (Å²) in [5.41, 5.74) is 1.82. The van der Waals surface area contributed by atoms with Crippen LogP contribution in [0, 0.1) is 5.92 Å². The number of nitrogens with zero attached hydrogens (tertiary/aromatic N) is 4. The third-order valence-corrected chi connectivity index (χ3v) is 6.25. The van der Waals surface area contributed by atoms with Gasteiger partial charge in [-0.15, -0.1) is 0 Å². The average molecular weight is 353 g/mol. The van der Waals surface area contributed by atoms with Crippen molar-refractivity contribution in [2.24, 2.45) is 5.92 Å². The summed E-state index contributed by atoms with van der Waals surface area (Å²) in [7, 11) is 0. The first-order valence-electron chi connectivity index (χ1n) is 9.99. The van der Waals surface area contributed by atoms with Crippen LogP contribution in [0.5, 0.6) is 0 Å². The second-order valence-corrected chi connectivity index (χ2v) is 8.03. The van der Waals surface area contributed by atoms with Crippen LogP contribution in [0.4, 0.5) is 4.79 Å². The number of aromatic nitrogens is 2. The maximum atomic E-state index is 12.7. The van der Waals surface area contributed by atoms with Crippen LogP contribution >= 0.6 is 0 Å². The molecule has 3 fully saturated rings. The summed E-state index contributed by atoms with van der Waals surface area (Å²) in [5, 5.41) is 3.07. The van der Waals surface area contributed by atoms with Gasteiger partial charge in [-0.2, -0.15) is 0 Å². The Bertz CT molecular complexity index is 765. The predicted molar refractivity (Wildman–Crippen MR) is 99.9 cm³/mol. The summed E-state index contributed by atoms with van der Waals surface area (Å²) < 4.78 is 1.99. The molecule has 3 aliphatic rings. The van der Waals surface area contributed by atoms with Crippen molar-refractivity contribution in [3.63, 3.8) is 0 Å². The standard InChI is InChI=1S/C20H27N5O/c26-20(21-12-16-14-23-9-2-1-5-19(23)22-16)24-11-8-18-15(13-24)4-3-10-25(18)17-6-7-17/h1-2,5,9,14-15,17-18H,3-4,6-8,10-13H2,(H,21,26). The molecule has 0 bridgehead atoms. The Hall–Kier alpha value is -2.08. The topological polar surface area (TPSA) is 52.9 Å². The second-order valence-electron chi connectivity index (χ2n) is 8.03. The van der Waals surface area contributed by atoms with E-state index < -0.39 is 0 Å². The molecule has 2 saturated heterocycles. The third kappa shape index (κ3) is 3.07. The van der Waals surface area contributed by atoms with E-state index in [0.29, 0.717) is 18.5 Å². The fourth-order valence-electron chi connectivity index (χ4n) is 4.84. The largest absolute Gasteiger partial charge is 0.332 e. The first-order chi connectivity index (χ1) is 12.8. The van der Waals surface area contributed by atoms with Crippen molar-refractivity contribution in [3.05, 3.63) is 36.3 Å². The van der Waals surface area contributed by atoms with E-state index in [0.717, 1.165) is 36.9 Å². The van der Waals surface area contributed by atoms with Crippen LogP contribution in [0.3, 0.4) is 0 Å². The lowest BCUT2D eigenvalue weighted by molar-refractivity contribution is 0.0295. The molecular weight excluding hydrogens is 326 g/mol. The van der Waals surface area contributed by atoms with E-state index in [1.807, 2.05) is 39.9 Å². The molecule has 2 atom stereocenters. The van der Waals surface area contributed by atoms with E-state index >= 15 is 0 Å². The molecule has 1 saturated carbocycles. The van der Waals surface area contributed by atoms with Gasteiger partial charge in [0.15, 0.2) is 0 Å². The van der Waals surface area contributed by atoms with Crippen molar-refractivity contribution in [2.75, 3.05) is 19.6 Å². The lowest BCUT2D eigenvalue weighted by Gasteiger charge is -2.47. The van der Waals surface area contributed by atoms with Crippen LogP contribution in [0.25, 0.3) is 5.65 Å². The van der Waals surface area contributed by atoms with E-state index in [1.165, 1.54) is 32.2 Å². The second kappa shape index (κ2) is 6.58. The molecule has 1 aliphatic carbocycles. The fraction of sp³-hybridized carbons (Fsp3) is 0.600. The lowest BCUT2D eigenvalue weighted by Crippen LogP contribution is -2.57. The number of likely N-dealkylation sites (tertiary alicyclic amines) is 2. The van der Waals surface area contributed by atoms with E-state index in [2.05, 4.69) is 15.2 Å². The molecule has 138 valence electrons. The van der Waals surface area contributed by atoms with Gasteiger partial charge in [-0.05, 0) is 56.7 Å². The number of carbonyl (C=O) groups is 1. The van der Waals surface area contributed by atoms with Crippen LogP contribution in [-0.4, -0.2) is 56.9 Å². The molecule has 2 unspecified atom stereocenters. The molecule has 2 aromatic rings. The SMILES string of the molecule is O=C(NCc1cn2ccccc2n1)N1CCC2C(CCCN2C2CC2)C1. The maximum Gasteiger partial charge on any atom is 0.317 e. The molecule has 2 aliphatic heterocycles. The average Bonchev–Trinajstić information content (AvgIpc) is 3.44. The zero-order valence-electron chi connectivity index (χ0n) is 15.2. The van der Waals surface area contributed by atoms with Crippen LogP contribution in [0.2, 0.25) is 0 Å². The summed E-state index contributed by atoms with van der Waals surface area (Å²) >= 11 is 0. The van der Waals surface area contributed by atoms with Crippen LogP contribution in [0.1, 0.15) is 37.8 Å². The Morgan fingerprint density at radius 2 is 2.12 bits per heavy atom. The van der Waals surface area contributed by atoms with Gasteiger partial charge in [-0.3, -0.25) is 4.90 Å². The van der Waals surface area contributed by atoms with Crippen molar-refractivity contribution in [2.45, 2.75) is 50.7 Å². The Kier molecular flexibility index (Phi) is 4.08.